The Hall–Kier alpha value is -0.620. The van der Waals surface area contributed by atoms with E-state index < -0.39 is 0 Å². The second-order valence-corrected chi connectivity index (χ2v) is 6.25. The summed E-state index contributed by atoms with van der Waals surface area (Å²) >= 11 is 9.21. The lowest BCUT2D eigenvalue weighted by molar-refractivity contribution is -0.0161. The fourth-order valence-electron chi connectivity index (χ4n) is 2.80. The van der Waals surface area contributed by atoms with Crippen LogP contribution in [0.4, 0.5) is 0 Å². The summed E-state index contributed by atoms with van der Waals surface area (Å²) in [6, 6.07) is 4.99. The van der Waals surface area contributed by atoms with Gasteiger partial charge in [0.05, 0.1) is 17.2 Å². The highest BCUT2D eigenvalue weighted by molar-refractivity contribution is 9.10. The molecule has 4 atom stereocenters. The van der Waals surface area contributed by atoms with Crippen molar-refractivity contribution in [1.29, 1.82) is 0 Å². The summed E-state index contributed by atoms with van der Waals surface area (Å²) in [7, 11) is 0. The topological polar surface area (TPSA) is 64.3 Å². The number of nitrogens with one attached hydrogen (secondary N) is 1. The summed E-state index contributed by atoms with van der Waals surface area (Å²) in [6.07, 6.45) is 1.07. The molecule has 0 radical (unpaired) electrons. The van der Waals surface area contributed by atoms with Crippen molar-refractivity contribution >= 4 is 33.4 Å². The molecule has 1 amide bonds. The van der Waals surface area contributed by atoms with Crippen molar-refractivity contribution in [3.63, 3.8) is 0 Å². The molecule has 102 valence electrons. The predicted octanol–water partition coefficient (Wildman–Crippen LogP) is 1.95. The molecule has 6 heteroatoms. The molecule has 2 aliphatic rings. The second-order valence-electron chi connectivity index (χ2n) is 4.99. The molecule has 2 fully saturated rings. The van der Waals surface area contributed by atoms with Gasteiger partial charge in [0.25, 0.3) is 5.91 Å². The van der Waals surface area contributed by atoms with Gasteiger partial charge >= 0.3 is 0 Å². The fourth-order valence-corrected chi connectivity index (χ4v) is 3.30. The Balaban J connectivity index is 1.70. The first-order valence-corrected chi connectivity index (χ1v) is 7.38. The zero-order chi connectivity index (χ0) is 13.6. The summed E-state index contributed by atoms with van der Waals surface area (Å²) in [6.45, 7) is 0.738. The molecule has 1 aliphatic heterocycles. The predicted molar refractivity (Wildman–Crippen MR) is 76.2 cm³/mol. The number of hydrogen-bond acceptors (Lipinski definition) is 3. The van der Waals surface area contributed by atoms with E-state index in [1.165, 1.54) is 0 Å². The highest BCUT2D eigenvalue weighted by Crippen LogP contribution is 2.37. The number of nitrogens with two attached hydrogens (primary N) is 1. The monoisotopic (exact) mass is 344 g/mol. The van der Waals surface area contributed by atoms with E-state index in [9.17, 15) is 4.79 Å². The van der Waals surface area contributed by atoms with Crippen molar-refractivity contribution < 1.29 is 9.53 Å². The fraction of sp³-hybridized carbons (Fsp3) is 0.462. The van der Waals surface area contributed by atoms with Gasteiger partial charge in [0.1, 0.15) is 0 Å². The van der Waals surface area contributed by atoms with Crippen LogP contribution in [-0.2, 0) is 4.74 Å². The molecule has 3 N–H and O–H groups in total. The van der Waals surface area contributed by atoms with E-state index in [4.69, 9.17) is 22.1 Å². The van der Waals surface area contributed by atoms with Gasteiger partial charge in [0.2, 0.25) is 0 Å². The average Bonchev–Trinajstić information content (AvgIpc) is 2.83. The van der Waals surface area contributed by atoms with Crippen LogP contribution in [-0.4, -0.2) is 30.7 Å². The Kier molecular flexibility index (Phi) is 3.55. The molecular weight excluding hydrogens is 332 g/mol. The lowest BCUT2D eigenvalue weighted by atomic mass is 9.72. The minimum Gasteiger partial charge on any atom is -0.376 e. The van der Waals surface area contributed by atoms with Crippen LogP contribution in [0.3, 0.4) is 0 Å². The number of hydrogen-bond donors (Lipinski definition) is 2. The molecule has 1 heterocycles. The van der Waals surface area contributed by atoms with Gasteiger partial charge < -0.3 is 15.8 Å². The van der Waals surface area contributed by atoms with Crippen molar-refractivity contribution in [3.05, 3.63) is 33.3 Å². The van der Waals surface area contributed by atoms with Gasteiger partial charge in [-0.05, 0) is 40.5 Å². The van der Waals surface area contributed by atoms with Crippen LogP contribution >= 0.6 is 27.5 Å². The minimum atomic E-state index is -0.147. The van der Waals surface area contributed by atoms with Crippen molar-refractivity contribution in [2.75, 3.05) is 6.61 Å². The number of halogens is 2. The zero-order valence-electron chi connectivity index (χ0n) is 10.1. The van der Waals surface area contributed by atoms with Crippen LogP contribution in [0.15, 0.2) is 22.7 Å². The first kappa shape index (κ1) is 13.4. The van der Waals surface area contributed by atoms with Gasteiger partial charge in [-0.25, -0.2) is 0 Å². The highest BCUT2D eigenvalue weighted by Gasteiger charge is 2.52. The van der Waals surface area contributed by atoms with E-state index in [0.717, 1.165) is 13.0 Å². The number of ether oxygens (including phenoxy) is 1. The van der Waals surface area contributed by atoms with Crippen molar-refractivity contribution in [2.45, 2.75) is 24.6 Å². The van der Waals surface area contributed by atoms with Crippen LogP contribution in [0, 0.1) is 5.92 Å². The third-order valence-corrected chi connectivity index (χ3v) is 5.14. The van der Waals surface area contributed by atoms with E-state index >= 15 is 0 Å². The van der Waals surface area contributed by atoms with Gasteiger partial charge in [-0.15, -0.1) is 0 Å². The molecule has 4 unspecified atom stereocenters. The molecule has 0 bridgehead atoms. The molecule has 19 heavy (non-hydrogen) atoms. The molecule has 1 aromatic rings. The van der Waals surface area contributed by atoms with E-state index in [0.29, 0.717) is 21.0 Å². The maximum absolute atomic E-state index is 12.2. The lowest BCUT2D eigenvalue weighted by Crippen LogP contribution is -2.68. The molecule has 1 aromatic carbocycles. The summed E-state index contributed by atoms with van der Waals surface area (Å²) in [4.78, 5) is 12.2. The lowest BCUT2D eigenvalue weighted by Gasteiger charge is -2.45. The van der Waals surface area contributed by atoms with Crippen LogP contribution < -0.4 is 11.1 Å². The average molecular weight is 346 g/mol. The molecule has 4 nitrogen and oxygen atoms in total. The SMILES string of the molecule is NC1C2CCOC2C1NC(=O)c1ccc(Cl)c(Br)c1. The van der Waals surface area contributed by atoms with Crippen LogP contribution in [0.2, 0.25) is 5.02 Å². The van der Waals surface area contributed by atoms with Crippen LogP contribution in [0.5, 0.6) is 0 Å². The third kappa shape index (κ3) is 2.29. The second kappa shape index (κ2) is 5.05. The molecule has 1 saturated heterocycles. The Morgan fingerprint density at radius 2 is 2.32 bits per heavy atom. The molecule has 3 rings (SSSR count). The minimum absolute atomic E-state index is 0.00723. The smallest absolute Gasteiger partial charge is 0.251 e. The van der Waals surface area contributed by atoms with Crippen molar-refractivity contribution in [2.24, 2.45) is 11.7 Å². The maximum Gasteiger partial charge on any atom is 0.251 e. The van der Waals surface area contributed by atoms with E-state index in [1.54, 1.807) is 18.2 Å². The number of benzene rings is 1. The van der Waals surface area contributed by atoms with Gasteiger partial charge in [0, 0.05) is 28.6 Å². The largest absolute Gasteiger partial charge is 0.376 e. The number of carbonyl (C=O) groups is 1. The number of rotatable bonds is 2. The summed E-state index contributed by atoms with van der Waals surface area (Å²) in [5.74, 6) is 0.244. The third-order valence-electron chi connectivity index (χ3n) is 3.93. The van der Waals surface area contributed by atoms with E-state index in [2.05, 4.69) is 21.2 Å². The summed E-state index contributed by atoms with van der Waals surface area (Å²) < 4.78 is 6.29. The molecule has 0 spiro atoms. The van der Waals surface area contributed by atoms with Crippen LogP contribution in [0.25, 0.3) is 0 Å². The van der Waals surface area contributed by atoms with E-state index in [-0.39, 0.29) is 24.1 Å². The molecular formula is C13H14BrClN2O2. The Labute approximate surface area is 124 Å². The number of amides is 1. The van der Waals surface area contributed by atoms with Crippen molar-refractivity contribution in [3.8, 4) is 0 Å². The van der Waals surface area contributed by atoms with Gasteiger partial charge in [-0.3, -0.25) is 4.79 Å². The van der Waals surface area contributed by atoms with Gasteiger partial charge in [-0.1, -0.05) is 11.6 Å². The maximum atomic E-state index is 12.2. The quantitative estimate of drug-likeness (QED) is 0.861. The Morgan fingerprint density at radius 1 is 1.53 bits per heavy atom. The zero-order valence-corrected chi connectivity index (χ0v) is 12.4. The number of carbonyl (C=O) groups excluding carboxylic acids is 1. The van der Waals surface area contributed by atoms with Gasteiger partial charge in [0.15, 0.2) is 0 Å². The first-order chi connectivity index (χ1) is 9.08. The van der Waals surface area contributed by atoms with Crippen molar-refractivity contribution in [1.82, 2.24) is 5.32 Å². The van der Waals surface area contributed by atoms with E-state index in [1.807, 2.05) is 0 Å². The highest BCUT2D eigenvalue weighted by atomic mass is 79.9. The Morgan fingerprint density at radius 3 is 3.05 bits per heavy atom. The molecule has 1 aliphatic carbocycles. The molecule has 1 saturated carbocycles. The normalized spacial score (nSPS) is 32.6. The molecule has 0 aromatic heterocycles. The first-order valence-electron chi connectivity index (χ1n) is 6.21. The standard InChI is InChI=1S/C13H14BrClN2O2/c14-8-5-6(1-2-9(8)15)13(18)17-11-10(16)7-3-4-19-12(7)11/h1-2,5,7,10-12H,3-4,16H2,(H,17,18). The van der Waals surface area contributed by atoms with Crippen LogP contribution in [0.1, 0.15) is 16.8 Å². The number of fused-ring (bicyclic) bond motifs is 1. The summed E-state index contributed by atoms with van der Waals surface area (Å²) in [5.41, 5.74) is 6.62. The van der Waals surface area contributed by atoms with Gasteiger partial charge in [-0.2, -0.15) is 0 Å². The Bertz CT molecular complexity index is 525. The summed E-state index contributed by atoms with van der Waals surface area (Å²) in [5, 5.41) is 3.53.